The molecule has 0 radical (unpaired) electrons. The van der Waals surface area contributed by atoms with Crippen LogP contribution in [0.25, 0.3) is 0 Å². The van der Waals surface area contributed by atoms with Crippen LogP contribution in [-0.2, 0) is 9.59 Å². The quantitative estimate of drug-likeness (QED) is 0.428. The summed E-state index contributed by atoms with van der Waals surface area (Å²) < 4.78 is 0. The van der Waals surface area contributed by atoms with Gasteiger partial charge in [0.15, 0.2) is 0 Å². The van der Waals surface area contributed by atoms with Gasteiger partial charge in [0.1, 0.15) is 5.54 Å². The SMILES string of the molecule is CC(C(=O)N1CCC2(CC1)NC(=O)NC2=O)=C1CNC1. The Bertz CT molecular complexity index is 512. The van der Waals surface area contributed by atoms with Gasteiger partial charge in [-0.3, -0.25) is 14.9 Å². The highest BCUT2D eigenvalue weighted by atomic mass is 16.2. The van der Waals surface area contributed by atoms with E-state index in [0.29, 0.717) is 25.9 Å². The molecule has 108 valence electrons. The van der Waals surface area contributed by atoms with Crippen molar-refractivity contribution in [3.8, 4) is 0 Å². The highest BCUT2D eigenvalue weighted by Crippen LogP contribution is 2.26. The Morgan fingerprint density at radius 2 is 1.85 bits per heavy atom. The van der Waals surface area contributed by atoms with Crippen LogP contribution in [0.3, 0.4) is 0 Å². The molecule has 3 aliphatic heterocycles. The number of rotatable bonds is 1. The Morgan fingerprint density at radius 3 is 2.30 bits per heavy atom. The largest absolute Gasteiger partial charge is 0.339 e. The van der Waals surface area contributed by atoms with Gasteiger partial charge in [0.2, 0.25) is 5.91 Å². The van der Waals surface area contributed by atoms with Crippen LogP contribution in [0.15, 0.2) is 11.1 Å². The van der Waals surface area contributed by atoms with Gasteiger partial charge in [-0.1, -0.05) is 0 Å². The van der Waals surface area contributed by atoms with Gasteiger partial charge in [0.25, 0.3) is 5.91 Å². The van der Waals surface area contributed by atoms with E-state index >= 15 is 0 Å². The van der Waals surface area contributed by atoms with E-state index in [4.69, 9.17) is 0 Å². The molecule has 0 aliphatic carbocycles. The fourth-order valence-electron chi connectivity index (χ4n) is 2.88. The lowest BCUT2D eigenvalue weighted by Gasteiger charge is -2.37. The molecular weight excluding hydrogens is 260 g/mol. The van der Waals surface area contributed by atoms with Crippen LogP contribution in [0.5, 0.6) is 0 Å². The van der Waals surface area contributed by atoms with Gasteiger partial charge in [-0.25, -0.2) is 4.79 Å². The van der Waals surface area contributed by atoms with E-state index in [9.17, 15) is 14.4 Å². The first-order valence-electron chi connectivity index (χ1n) is 6.84. The molecule has 3 aliphatic rings. The number of imide groups is 1. The van der Waals surface area contributed by atoms with Gasteiger partial charge in [-0.15, -0.1) is 0 Å². The molecule has 0 aromatic rings. The van der Waals surface area contributed by atoms with Crippen LogP contribution in [0.1, 0.15) is 19.8 Å². The first-order chi connectivity index (χ1) is 9.52. The zero-order valence-electron chi connectivity index (χ0n) is 11.4. The van der Waals surface area contributed by atoms with Crippen molar-refractivity contribution < 1.29 is 14.4 Å². The predicted octanol–water partition coefficient (Wildman–Crippen LogP) is -0.893. The third-order valence-electron chi connectivity index (χ3n) is 4.45. The number of hydrogen-bond donors (Lipinski definition) is 3. The number of nitrogens with zero attached hydrogens (tertiary/aromatic N) is 1. The molecule has 3 fully saturated rings. The highest BCUT2D eigenvalue weighted by Gasteiger charge is 2.48. The van der Waals surface area contributed by atoms with E-state index in [-0.39, 0.29) is 11.8 Å². The molecule has 3 saturated heterocycles. The Balaban J connectivity index is 1.65. The second kappa shape index (κ2) is 4.59. The van der Waals surface area contributed by atoms with Gasteiger partial charge in [-0.05, 0) is 25.3 Å². The normalized spacial score (nSPS) is 24.2. The van der Waals surface area contributed by atoms with Crippen LogP contribution < -0.4 is 16.0 Å². The van der Waals surface area contributed by atoms with Gasteiger partial charge >= 0.3 is 6.03 Å². The Labute approximate surface area is 116 Å². The van der Waals surface area contributed by atoms with E-state index in [1.54, 1.807) is 4.90 Å². The van der Waals surface area contributed by atoms with Gasteiger partial charge < -0.3 is 15.5 Å². The van der Waals surface area contributed by atoms with Crippen molar-refractivity contribution in [2.75, 3.05) is 26.2 Å². The lowest BCUT2D eigenvalue weighted by molar-refractivity contribution is -0.132. The average molecular weight is 278 g/mol. The molecule has 1 spiro atoms. The van der Waals surface area contributed by atoms with Gasteiger partial charge in [0, 0.05) is 31.8 Å². The monoisotopic (exact) mass is 278 g/mol. The summed E-state index contributed by atoms with van der Waals surface area (Å²) in [5.74, 6) is -0.228. The number of carbonyl (C=O) groups is 3. The van der Waals surface area contributed by atoms with E-state index < -0.39 is 11.6 Å². The van der Waals surface area contributed by atoms with Crippen molar-refractivity contribution >= 4 is 17.8 Å². The van der Waals surface area contributed by atoms with Gasteiger partial charge in [-0.2, -0.15) is 0 Å². The molecule has 3 rings (SSSR count). The number of nitrogens with one attached hydrogen (secondary N) is 3. The zero-order valence-corrected chi connectivity index (χ0v) is 11.4. The molecule has 0 atom stereocenters. The fourth-order valence-corrected chi connectivity index (χ4v) is 2.88. The number of piperidine rings is 1. The first kappa shape index (κ1) is 13.1. The molecule has 4 amide bonds. The summed E-state index contributed by atoms with van der Waals surface area (Å²) in [5.41, 5.74) is 1.15. The summed E-state index contributed by atoms with van der Waals surface area (Å²) in [4.78, 5) is 37.2. The number of likely N-dealkylation sites (tertiary alicyclic amines) is 1. The van der Waals surface area contributed by atoms with Crippen molar-refractivity contribution in [2.45, 2.75) is 25.3 Å². The maximum atomic E-state index is 12.3. The maximum Gasteiger partial charge on any atom is 0.322 e. The predicted molar refractivity (Wildman–Crippen MR) is 70.8 cm³/mol. The maximum absolute atomic E-state index is 12.3. The summed E-state index contributed by atoms with van der Waals surface area (Å²) in [7, 11) is 0. The average Bonchev–Trinajstić information content (AvgIpc) is 2.62. The molecule has 0 aromatic carbocycles. The Kier molecular flexibility index (Phi) is 3.01. The van der Waals surface area contributed by atoms with Crippen LogP contribution in [0.4, 0.5) is 4.79 Å². The third-order valence-corrected chi connectivity index (χ3v) is 4.45. The van der Waals surface area contributed by atoms with Crippen molar-refractivity contribution in [1.29, 1.82) is 0 Å². The first-order valence-corrected chi connectivity index (χ1v) is 6.84. The smallest absolute Gasteiger partial charge is 0.322 e. The summed E-state index contributed by atoms with van der Waals surface area (Å²) in [6.07, 6.45) is 0.939. The molecule has 3 heterocycles. The van der Waals surface area contributed by atoms with Gasteiger partial charge in [0.05, 0.1) is 0 Å². The van der Waals surface area contributed by atoms with Crippen LogP contribution in [0, 0.1) is 0 Å². The van der Waals surface area contributed by atoms with Crippen molar-refractivity contribution in [1.82, 2.24) is 20.9 Å². The lowest BCUT2D eigenvalue weighted by atomic mass is 9.87. The molecule has 0 saturated carbocycles. The highest BCUT2D eigenvalue weighted by molar-refractivity contribution is 6.07. The molecule has 3 N–H and O–H groups in total. The summed E-state index contributed by atoms with van der Waals surface area (Å²) in [5, 5.41) is 8.09. The standard InChI is InChI=1S/C13H18N4O3/c1-8(9-6-14-7-9)10(18)17-4-2-13(3-5-17)11(19)15-12(20)16-13/h14H,2-7H2,1H3,(H2,15,16,19,20). The number of urea groups is 1. The number of hydrogen-bond acceptors (Lipinski definition) is 4. The molecule has 0 aromatic heterocycles. The van der Waals surface area contributed by atoms with Crippen molar-refractivity contribution in [3.05, 3.63) is 11.1 Å². The van der Waals surface area contributed by atoms with Crippen LogP contribution >= 0.6 is 0 Å². The summed E-state index contributed by atoms with van der Waals surface area (Å²) in [6.45, 7) is 4.41. The Morgan fingerprint density at radius 1 is 1.20 bits per heavy atom. The molecule has 7 heteroatoms. The molecule has 0 unspecified atom stereocenters. The summed E-state index contributed by atoms with van der Waals surface area (Å²) in [6, 6.07) is -0.436. The second-order valence-corrected chi connectivity index (χ2v) is 5.61. The van der Waals surface area contributed by atoms with E-state index in [0.717, 1.165) is 24.2 Å². The fraction of sp³-hybridized carbons (Fsp3) is 0.615. The minimum Gasteiger partial charge on any atom is -0.339 e. The molecule has 7 nitrogen and oxygen atoms in total. The van der Waals surface area contributed by atoms with E-state index in [1.807, 2.05) is 6.92 Å². The number of carbonyl (C=O) groups excluding carboxylic acids is 3. The van der Waals surface area contributed by atoms with Crippen LogP contribution in [0.2, 0.25) is 0 Å². The van der Waals surface area contributed by atoms with E-state index in [1.165, 1.54) is 0 Å². The van der Waals surface area contributed by atoms with Crippen molar-refractivity contribution in [2.24, 2.45) is 0 Å². The summed E-state index contributed by atoms with van der Waals surface area (Å²) >= 11 is 0. The third kappa shape index (κ3) is 1.98. The van der Waals surface area contributed by atoms with Crippen molar-refractivity contribution in [3.63, 3.8) is 0 Å². The minimum atomic E-state index is -0.813. The zero-order chi connectivity index (χ0) is 14.3. The minimum absolute atomic E-state index is 0.0427. The second-order valence-electron chi connectivity index (χ2n) is 5.61. The van der Waals surface area contributed by atoms with E-state index in [2.05, 4.69) is 16.0 Å². The number of amides is 4. The molecule has 0 bridgehead atoms. The lowest BCUT2D eigenvalue weighted by Crippen LogP contribution is -2.56. The molecular formula is C13H18N4O3. The Hall–Kier alpha value is -1.89. The van der Waals surface area contributed by atoms with Crippen LogP contribution in [-0.4, -0.2) is 54.5 Å². The topological polar surface area (TPSA) is 90.5 Å². The molecule has 20 heavy (non-hydrogen) atoms.